The van der Waals surface area contributed by atoms with E-state index in [9.17, 15) is 17.6 Å². The SMILES string of the molecule is CC(C)(NS(=O)(=O)c1cc(Cl)cc(N)c1F)C(N)=O. The van der Waals surface area contributed by atoms with Crippen molar-refractivity contribution in [1.82, 2.24) is 4.72 Å². The molecule has 0 saturated heterocycles. The number of benzene rings is 1. The summed E-state index contributed by atoms with van der Waals surface area (Å²) in [5.41, 5.74) is 8.35. The van der Waals surface area contributed by atoms with Gasteiger partial charge >= 0.3 is 0 Å². The Hall–Kier alpha value is -1.38. The summed E-state index contributed by atoms with van der Waals surface area (Å²) in [5, 5.41) is -0.0452. The number of hydrogen-bond acceptors (Lipinski definition) is 4. The van der Waals surface area contributed by atoms with Gasteiger partial charge in [-0.05, 0) is 26.0 Å². The van der Waals surface area contributed by atoms with E-state index in [0.717, 1.165) is 12.1 Å². The number of nitrogens with one attached hydrogen (secondary N) is 1. The zero-order valence-electron chi connectivity index (χ0n) is 10.2. The Morgan fingerprint density at radius 3 is 2.42 bits per heavy atom. The Bertz CT molecular complexity index is 631. The van der Waals surface area contributed by atoms with Crippen LogP contribution in [0.25, 0.3) is 0 Å². The fraction of sp³-hybridized carbons (Fsp3) is 0.300. The Morgan fingerprint density at radius 1 is 1.42 bits per heavy atom. The molecule has 1 aromatic carbocycles. The summed E-state index contributed by atoms with van der Waals surface area (Å²) in [6.07, 6.45) is 0. The van der Waals surface area contributed by atoms with Gasteiger partial charge in [-0.15, -0.1) is 0 Å². The minimum atomic E-state index is -4.33. The number of sulfonamides is 1. The van der Waals surface area contributed by atoms with Gasteiger partial charge in [-0.3, -0.25) is 4.79 Å². The fourth-order valence-corrected chi connectivity index (χ4v) is 3.03. The van der Waals surface area contributed by atoms with Crippen LogP contribution in [0, 0.1) is 5.82 Å². The molecule has 0 bridgehead atoms. The van der Waals surface area contributed by atoms with E-state index in [1.54, 1.807) is 0 Å². The minimum Gasteiger partial charge on any atom is -0.396 e. The smallest absolute Gasteiger partial charge is 0.244 e. The molecule has 1 aromatic rings. The topological polar surface area (TPSA) is 115 Å². The summed E-state index contributed by atoms with van der Waals surface area (Å²) >= 11 is 5.63. The van der Waals surface area contributed by atoms with Gasteiger partial charge in [-0.2, -0.15) is 4.72 Å². The highest BCUT2D eigenvalue weighted by Crippen LogP contribution is 2.26. The molecule has 0 saturated carbocycles. The van der Waals surface area contributed by atoms with Gasteiger partial charge in [-0.1, -0.05) is 11.6 Å². The number of nitrogen functional groups attached to an aromatic ring is 1. The number of rotatable bonds is 4. The monoisotopic (exact) mass is 309 g/mol. The van der Waals surface area contributed by atoms with E-state index in [4.69, 9.17) is 23.1 Å². The molecule has 106 valence electrons. The van der Waals surface area contributed by atoms with E-state index in [2.05, 4.69) is 0 Å². The normalized spacial score (nSPS) is 12.4. The molecule has 1 amide bonds. The molecule has 6 nitrogen and oxygen atoms in total. The highest BCUT2D eigenvalue weighted by molar-refractivity contribution is 7.89. The zero-order chi connectivity index (χ0) is 15.0. The molecular weight excluding hydrogens is 297 g/mol. The fourth-order valence-electron chi connectivity index (χ4n) is 1.22. The van der Waals surface area contributed by atoms with Crippen LogP contribution in [0.2, 0.25) is 5.02 Å². The summed E-state index contributed by atoms with van der Waals surface area (Å²) in [4.78, 5) is 10.4. The Kier molecular flexibility index (Phi) is 4.08. The van der Waals surface area contributed by atoms with E-state index >= 15 is 0 Å². The third kappa shape index (κ3) is 3.34. The summed E-state index contributed by atoms with van der Waals surface area (Å²) in [7, 11) is -4.33. The molecule has 1 rings (SSSR count). The number of carbonyl (C=O) groups excluding carboxylic acids is 1. The number of nitrogens with two attached hydrogens (primary N) is 2. The van der Waals surface area contributed by atoms with Crippen LogP contribution in [-0.4, -0.2) is 19.9 Å². The number of anilines is 1. The van der Waals surface area contributed by atoms with Crippen molar-refractivity contribution in [2.75, 3.05) is 5.73 Å². The first-order valence-corrected chi connectivity index (χ1v) is 6.92. The van der Waals surface area contributed by atoms with Crippen LogP contribution < -0.4 is 16.2 Å². The zero-order valence-corrected chi connectivity index (χ0v) is 11.8. The molecule has 0 aromatic heterocycles. The second kappa shape index (κ2) is 4.95. The van der Waals surface area contributed by atoms with E-state index in [1.165, 1.54) is 13.8 Å². The van der Waals surface area contributed by atoms with Gasteiger partial charge in [0.15, 0.2) is 5.82 Å². The van der Waals surface area contributed by atoms with Gasteiger partial charge in [0.05, 0.1) is 5.69 Å². The molecule has 0 spiro atoms. The average Bonchev–Trinajstić information content (AvgIpc) is 2.21. The number of hydrogen-bond donors (Lipinski definition) is 3. The molecule has 0 aliphatic rings. The second-order valence-electron chi connectivity index (χ2n) is 4.40. The standard InChI is InChI=1S/C10H13ClFN3O3S/c1-10(2,9(14)16)15-19(17,18)7-4-5(11)3-6(13)8(7)12/h3-4,15H,13H2,1-2H3,(H2,14,16). The predicted molar refractivity (Wildman–Crippen MR) is 69.4 cm³/mol. The lowest BCUT2D eigenvalue weighted by molar-refractivity contribution is -0.122. The van der Waals surface area contributed by atoms with Crippen molar-refractivity contribution in [3.05, 3.63) is 23.0 Å². The van der Waals surface area contributed by atoms with Crippen LogP contribution in [-0.2, 0) is 14.8 Å². The highest BCUT2D eigenvalue weighted by atomic mass is 35.5. The Morgan fingerprint density at radius 2 is 1.95 bits per heavy atom. The van der Waals surface area contributed by atoms with Crippen LogP contribution in [0.3, 0.4) is 0 Å². The predicted octanol–water partition coefficient (Wildman–Crippen LogP) is 0.604. The molecule has 0 fully saturated rings. The minimum absolute atomic E-state index is 0.0452. The van der Waals surface area contributed by atoms with Crippen molar-refractivity contribution in [3.8, 4) is 0 Å². The largest absolute Gasteiger partial charge is 0.396 e. The maximum absolute atomic E-state index is 13.7. The molecular formula is C10H13ClFN3O3S. The Balaban J connectivity index is 3.33. The molecule has 0 aliphatic heterocycles. The van der Waals surface area contributed by atoms with E-state index < -0.39 is 37.9 Å². The first-order chi connectivity index (χ1) is 8.47. The lowest BCUT2D eigenvalue weighted by Gasteiger charge is -2.22. The third-order valence-electron chi connectivity index (χ3n) is 2.33. The molecule has 0 aliphatic carbocycles. The maximum atomic E-state index is 13.7. The van der Waals surface area contributed by atoms with Crippen molar-refractivity contribution in [1.29, 1.82) is 0 Å². The number of carbonyl (C=O) groups is 1. The van der Waals surface area contributed by atoms with Crippen LogP contribution in [0.1, 0.15) is 13.8 Å². The van der Waals surface area contributed by atoms with Crippen LogP contribution in [0.15, 0.2) is 17.0 Å². The quantitative estimate of drug-likeness (QED) is 0.706. The van der Waals surface area contributed by atoms with Gasteiger partial charge in [0.1, 0.15) is 10.4 Å². The Labute approximate surface area is 115 Å². The van der Waals surface area contributed by atoms with Crippen molar-refractivity contribution < 1.29 is 17.6 Å². The van der Waals surface area contributed by atoms with Gasteiger partial charge in [0.2, 0.25) is 15.9 Å². The van der Waals surface area contributed by atoms with Gasteiger partial charge < -0.3 is 11.5 Å². The number of halogens is 2. The van der Waals surface area contributed by atoms with Gasteiger partial charge in [0, 0.05) is 5.02 Å². The van der Waals surface area contributed by atoms with Crippen LogP contribution in [0.5, 0.6) is 0 Å². The third-order valence-corrected chi connectivity index (χ3v) is 4.20. The molecule has 0 atom stereocenters. The molecule has 0 unspecified atom stereocenters. The first-order valence-electron chi connectivity index (χ1n) is 5.06. The van der Waals surface area contributed by atoms with Crippen molar-refractivity contribution in [2.45, 2.75) is 24.3 Å². The van der Waals surface area contributed by atoms with Gasteiger partial charge in [0.25, 0.3) is 0 Å². The number of primary amides is 1. The lowest BCUT2D eigenvalue weighted by Crippen LogP contribution is -2.52. The average molecular weight is 310 g/mol. The van der Waals surface area contributed by atoms with Crippen LogP contribution >= 0.6 is 11.6 Å². The molecule has 9 heteroatoms. The van der Waals surface area contributed by atoms with Gasteiger partial charge in [-0.25, -0.2) is 12.8 Å². The molecule has 5 N–H and O–H groups in total. The first kappa shape index (κ1) is 15.7. The molecule has 19 heavy (non-hydrogen) atoms. The maximum Gasteiger partial charge on any atom is 0.244 e. The summed E-state index contributed by atoms with van der Waals surface area (Å²) in [5.74, 6) is -2.05. The van der Waals surface area contributed by atoms with Crippen molar-refractivity contribution in [3.63, 3.8) is 0 Å². The lowest BCUT2D eigenvalue weighted by atomic mass is 10.1. The van der Waals surface area contributed by atoms with E-state index in [-0.39, 0.29) is 5.02 Å². The highest BCUT2D eigenvalue weighted by Gasteiger charge is 2.33. The van der Waals surface area contributed by atoms with E-state index in [1.807, 2.05) is 4.72 Å². The van der Waals surface area contributed by atoms with Crippen molar-refractivity contribution >= 4 is 33.2 Å². The summed E-state index contributed by atoms with van der Waals surface area (Å²) < 4.78 is 39.7. The second-order valence-corrected chi connectivity index (χ2v) is 6.49. The summed E-state index contributed by atoms with van der Waals surface area (Å²) in [6, 6.07) is 1.97. The molecule has 0 heterocycles. The van der Waals surface area contributed by atoms with Crippen molar-refractivity contribution in [2.24, 2.45) is 5.73 Å². The number of amides is 1. The summed E-state index contributed by atoms with van der Waals surface area (Å²) in [6.45, 7) is 2.50. The van der Waals surface area contributed by atoms with Crippen LogP contribution in [0.4, 0.5) is 10.1 Å². The van der Waals surface area contributed by atoms with E-state index in [0.29, 0.717) is 0 Å². The molecule has 0 radical (unpaired) electrons.